The molecular weight excluding hydrogens is 282 g/mol. The topological polar surface area (TPSA) is 25.0 Å². The van der Waals surface area contributed by atoms with E-state index in [1.807, 2.05) is 6.07 Å². The minimum absolute atomic E-state index is 0.166. The molecule has 0 saturated heterocycles. The van der Waals surface area contributed by atoms with E-state index in [0.29, 0.717) is 0 Å². The Bertz CT molecular complexity index is 905. The second kappa shape index (κ2) is 4.88. The van der Waals surface area contributed by atoms with Gasteiger partial charge in [-0.1, -0.05) is 48.5 Å². The standard InChI is InChI=1S/C21H17NO/c1-2-6-14(7-3-1)18-13-22-21-16(18)10-11-20-17(21)12-15-8-4-5-9-19(15)23-20/h1-9,12-13,20,22H,10-11H2/t20-/m1/s1. The van der Waals surface area contributed by atoms with Crippen molar-refractivity contribution in [3.8, 4) is 16.9 Å². The van der Waals surface area contributed by atoms with Crippen LogP contribution in [0.3, 0.4) is 0 Å². The molecule has 2 heterocycles. The van der Waals surface area contributed by atoms with Crippen LogP contribution in [0.5, 0.6) is 5.75 Å². The van der Waals surface area contributed by atoms with Crippen LogP contribution in [0.4, 0.5) is 0 Å². The highest BCUT2D eigenvalue weighted by Gasteiger charge is 2.31. The van der Waals surface area contributed by atoms with Crippen molar-refractivity contribution in [3.63, 3.8) is 0 Å². The third-order valence-electron chi connectivity index (χ3n) is 4.86. The molecule has 2 heteroatoms. The highest BCUT2D eigenvalue weighted by Crippen LogP contribution is 2.42. The fourth-order valence-corrected chi connectivity index (χ4v) is 3.75. The van der Waals surface area contributed by atoms with Crippen molar-refractivity contribution in [3.05, 3.63) is 77.6 Å². The van der Waals surface area contributed by atoms with Gasteiger partial charge in [0.25, 0.3) is 0 Å². The summed E-state index contributed by atoms with van der Waals surface area (Å²) in [5.74, 6) is 1.000. The number of aromatic nitrogens is 1. The summed E-state index contributed by atoms with van der Waals surface area (Å²) in [5, 5.41) is 0. The second-order valence-corrected chi connectivity index (χ2v) is 6.20. The average Bonchev–Trinajstić information content (AvgIpc) is 3.05. The predicted molar refractivity (Wildman–Crippen MR) is 93.3 cm³/mol. The fourth-order valence-electron chi connectivity index (χ4n) is 3.75. The maximum atomic E-state index is 6.22. The van der Waals surface area contributed by atoms with Gasteiger partial charge in [0.05, 0.1) is 0 Å². The van der Waals surface area contributed by atoms with Gasteiger partial charge in [0, 0.05) is 28.6 Å². The molecule has 1 aliphatic heterocycles. The molecule has 2 aromatic carbocycles. The summed E-state index contributed by atoms with van der Waals surface area (Å²) >= 11 is 0. The molecule has 3 aromatic rings. The molecule has 0 amide bonds. The van der Waals surface area contributed by atoms with Gasteiger partial charge in [-0.3, -0.25) is 0 Å². The van der Waals surface area contributed by atoms with Crippen LogP contribution in [0, 0.1) is 0 Å². The molecule has 0 spiro atoms. The SMILES string of the molecule is C1=C2c3[nH]cc(-c4ccccc4)c3CC[C@H]2Oc2ccccc21. The third kappa shape index (κ3) is 1.95. The molecular formula is C21H17NO. The van der Waals surface area contributed by atoms with Crippen LogP contribution in [0.1, 0.15) is 23.2 Å². The zero-order valence-electron chi connectivity index (χ0n) is 12.8. The molecule has 1 N–H and O–H groups in total. The highest BCUT2D eigenvalue weighted by atomic mass is 16.5. The van der Waals surface area contributed by atoms with Crippen molar-refractivity contribution < 1.29 is 4.74 Å². The summed E-state index contributed by atoms with van der Waals surface area (Å²) in [6.07, 6.45) is 6.67. The smallest absolute Gasteiger partial charge is 0.127 e. The van der Waals surface area contributed by atoms with Crippen LogP contribution in [-0.4, -0.2) is 11.1 Å². The van der Waals surface area contributed by atoms with E-state index < -0.39 is 0 Å². The van der Waals surface area contributed by atoms with Gasteiger partial charge in [0.1, 0.15) is 11.9 Å². The number of aromatic amines is 1. The van der Waals surface area contributed by atoms with Crippen molar-refractivity contribution in [1.29, 1.82) is 0 Å². The van der Waals surface area contributed by atoms with E-state index in [4.69, 9.17) is 4.74 Å². The van der Waals surface area contributed by atoms with E-state index >= 15 is 0 Å². The fraction of sp³-hybridized carbons (Fsp3) is 0.143. The van der Waals surface area contributed by atoms with Gasteiger partial charge in [-0.2, -0.15) is 0 Å². The van der Waals surface area contributed by atoms with E-state index in [0.717, 1.165) is 18.6 Å². The van der Waals surface area contributed by atoms with Gasteiger partial charge in [0.2, 0.25) is 0 Å². The number of hydrogen-bond acceptors (Lipinski definition) is 1. The van der Waals surface area contributed by atoms with E-state index in [9.17, 15) is 0 Å². The number of hydrogen-bond donors (Lipinski definition) is 1. The Morgan fingerprint density at radius 1 is 0.957 bits per heavy atom. The molecule has 0 bridgehead atoms. The first-order valence-electron chi connectivity index (χ1n) is 8.13. The van der Waals surface area contributed by atoms with E-state index in [-0.39, 0.29) is 6.10 Å². The van der Waals surface area contributed by atoms with E-state index in [1.165, 1.54) is 33.5 Å². The Morgan fingerprint density at radius 2 is 1.78 bits per heavy atom. The van der Waals surface area contributed by atoms with Crippen molar-refractivity contribution >= 4 is 11.6 Å². The molecule has 0 fully saturated rings. The normalized spacial score (nSPS) is 18.3. The van der Waals surface area contributed by atoms with Gasteiger partial charge in [-0.15, -0.1) is 0 Å². The Balaban J connectivity index is 1.65. The first-order valence-corrected chi connectivity index (χ1v) is 8.13. The van der Waals surface area contributed by atoms with Gasteiger partial charge in [-0.05, 0) is 36.1 Å². The number of para-hydroxylation sites is 1. The largest absolute Gasteiger partial charge is 0.485 e. The molecule has 2 aliphatic rings. The molecule has 23 heavy (non-hydrogen) atoms. The summed E-state index contributed by atoms with van der Waals surface area (Å²) in [7, 11) is 0. The molecule has 1 aromatic heterocycles. The number of benzene rings is 2. The third-order valence-corrected chi connectivity index (χ3v) is 4.86. The van der Waals surface area contributed by atoms with Crippen LogP contribution in [0.25, 0.3) is 22.8 Å². The average molecular weight is 299 g/mol. The lowest BCUT2D eigenvalue weighted by Gasteiger charge is -2.31. The summed E-state index contributed by atoms with van der Waals surface area (Å²) in [6, 6.07) is 18.9. The second-order valence-electron chi connectivity index (χ2n) is 6.20. The van der Waals surface area contributed by atoms with Crippen LogP contribution in [0.15, 0.2) is 60.8 Å². The quantitative estimate of drug-likeness (QED) is 0.677. The zero-order chi connectivity index (χ0) is 15.2. The minimum atomic E-state index is 0.166. The van der Waals surface area contributed by atoms with Crippen molar-refractivity contribution in [2.45, 2.75) is 18.9 Å². The Kier molecular flexibility index (Phi) is 2.71. The summed E-state index contributed by atoms with van der Waals surface area (Å²) in [5.41, 5.74) is 7.71. The van der Waals surface area contributed by atoms with Crippen molar-refractivity contribution in [2.24, 2.45) is 0 Å². The van der Waals surface area contributed by atoms with Gasteiger partial charge in [0.15, 0.2) is 0 Å². The molecule has 2 nitrogen and oxygen atoms in total. The summed E-state index contributed by atoms with van der Waals surface area (Å²) < 4.78 is 6.22. The zero-order valence-corrected chi connectivity index (χ0v) is 12.8. The van der Waals surface area contributed by atoms with Gasteiger partial charge < -0.3 is 9.72 Å². The molecule has 0 saturated carbocycles. The number of fused-ring (bicyclic) bond motifs is 4. The molecule has 112 valence electrons. The number of H-pyrrole nitrogens is 1. The molecule has 0 unspecified atom stereocenters. The highest BCUT2D eigenvalue weighted by molar-refractivity contribution is 5.90. The maximum Gasteiger partial charge on any atom is 0.127 e. The number of nitrogens with one attached hydrogen (secondary N) is 1. The van der Waals surface area contributed by atoms with Crippen LogP contribution in [-0.2, 0) is 6.42 Å². The monoisotopic (exact) mass is 299 g/mol. The van der Waals surface area contributed by atoms with Crippen LogP contribution < -0.4 is 4.74 Å². The molecule has 1 aliphatic carbocycles. The van der Waals surface area contributed by atoms with Gasteiger partial charge >= 0.3 is 0 Å². The maximum absolute atomic E-state index is 6.22. The summed E-state index contributed by atoms with van der Waals surface area (Å²) in [4.78, 5) is 3.51. The first-order chi connectivity index (χ1) is 11.4. The van der Waals surface area contributed by atoms with E-state index in [1.54, 1.807) is 0 Å². The first kappa shape index (κ1) is 12.8. The lowest BCUT2D eigenvalue weighted by Crippen LogP contribution is -2.26. The number of rotatable bonds is 1. The van der Waals surface area contributed by atoms with Crippen LogP contribution >= 0.6 is 0 Å². The van der Waals surface area contributed by atoms with Crippen molar-refractivity contribution in [1.82, 2.24) is 4.98 Å². The Morgan fingerprint density at radius 3 is 2.70 bits per heavy atom. The lowest BCUT2D eigenvalue weighted by atomic mass is 9.85. The summed E-state index contributed by atoms with van der Waals surface area (Å²) in [6.45, 7) is 0. The predicted octanol–water partition coefficient (Wildman–Crippen LogP) is 4.93. The Hall–Kier alpha value is -2.74. The molecule has 5 rings (SSSR count). The molecule has 1 atom stereocenters. The minimum Gasteiger partial charge on any atom is -0.485 e. The lowest BCUT2D eigenvalue weighted by molar-refractivity contribution is 0.240. The van der Waals surface area contributed by atoms with E-state index in [2.05, 4.69) is 65.8 Å². The Labute approximate surface area is 135 Å². The van der Waals surface area contributed by atoms with Crippen LogP contribution in [0.2, 0.25) is 0 Å². The van der Waals surface area contributed by atoms with Gasteiger partial charge in [-0.25, -0.2) is 0 Å². The number of ether oxygens (including phenoxy) is 1. The van der Waals surface area contributed by atoms with Crippen molar-refractivity contribution in [2.75, 3.05) is 0 Å². The molecule has 0 radical (unpaired) electrons.